The van der Waals surface area contributed by atoms with Gasteiger partial charge < -0.3 is 14.4 Å². The zero-order chi connectivity index (χ0) is 35.6. The third kappa shape index (κ3) is 5.97. The van der Waals surface area contributed by atoms with Gasteiger partial charge in [-0.15, -0.1) is 29.3 Å². The number of aromatic nitrogens is 3. The Bertz CT molecular complexity index is 2430. The van der Waals surface area contributed by atoms with Crippen LogP contribution in [0.3, 0.4) is 0 Å². The summed E-state index contributed by atoms with van der Waals surface area (Å²) >= 11 is 0. The van der Waals surface area contributed by atoms with Crippen molar-refractivity contribution in [1.29, 1.82) is 0 Å². The molecule has 8 rings (SSSR count). The molecule has 3 heterocycles. The van der Waals surface area contributed by atoms with Gasteiger partial charge in [0.15, 0.2) is 0 Å². The number of para-hydroxylation sites is 1. The minimum atomic E-state index is -0.166. The van der Waals surface area contributed by atoms with Crippen molar-refractivity contribution in [3.8, 4) is 50.6 Å². The number of hydrogen-bond acceptors (Lipinski definition) is 4. The summed E-state index contributed by atoms with van der Waals surface area (Å²) < 4.78 is 2.34. The minimum Gasteiger partial charge on any atom is -0.507 e. The van der Waals surface area contributed by atoms with E-state index in [4.69, 9.17) is 9.97 Å². The van der Waals surface area contributed by atoms with E-state index in [0.717, 1.165) is 61.6 Å². The Morgan fingerprint density at radius 2 is 1.46 bits per heavy atom. The number of aryl methyl sites for hydroxylation is 2. The first-order valence-corrected chi connectivity index (χ1v) is 17.8. The van der Waals surface area contributed by atoms with Gasteiger partial charge in [0.05, 0.1) is 16.6 Å². The van der Waals surface area contributed by atoms with Crippen molar-refractivity contribution in [2.75, 3.05) is 4.81 Å². The fraction of sp³-hybridized carbons (Fsp3) is 0.200. The zero-order valence-corrected chi connectivity index (χ0v) is 32.9. The first-order valence-electron chi connectivity index (χ1n) is 17.8. The van der Waals surface area contributed by atoms with Crippen molar-refractivity contribution in [3.05, 3.63) is 138 Å². The van der Waals surface area contributed by atoms with Crippen LogP contribution < -0.4 is 10.3 Å². The molecule has 2 aromatic heterocycles. The van der Waals surface area contributed by atoms with Crippen LogP contribution in [-0.2, 0) is 26.5 Å². The summed E-state index contributed by atoms with van der Waals surface area (Å²) in [4.78, 5) is 12.7. The predicted octanol–water partition coefficient (Wildman–Crippen LogP) is 9.99. The van der Waals surface area contributed by atoms with E-state index in [0.29, 0.717) is 0 Å². The molecular weight excluding hydrogens is 818 g/mol. The van der Waals surface area contributed by atoms with Crippen LogP contribution in [0, 0.1) is 19.9 Å². The molecular formula is C45H42BN4OPt-. The van der Waals surface area contributed by atoms with E-state index in [2.05, 4.69) is 155 Å². The number of rotatable bonds is 5. The normalized spacial score (nSPS) is 12.5. The molecule has 7 heteroatoms. The second kappa shape index (κ2) is 13.6. The van der Waals surface area contributed by atoms with Gasteiger partial charge in [-0.25, -0.2) is 4.98 Å². The van der Waals surface area contributed by atoms with Crippen molar-refractivity contribution in [2.24, 2.45) is 0 Å². The van der Waals surface area contributed by atoms with Crippen LogP contribution in [0.4, 0.5) is 5.69 Å². The number of anilines is 1. The van der Waals surface area contributed by atoms with E-state index in [1.165, 1.54) is 22.2 Å². The van der Waals surface area contributed by atoms with Crippen molar-refractivity contribution >= 4 is 29.2 Å². The predicted molar refractivity (Wildman–Crippen MR) is 213 cm³/mol. The molecule has 0 bridgehead atoms. The Morgan fingerprint density at radius 3 is 2.17 bits per heavy atom. The average Bonchev–Trinajstić information content (AvgIpc) is 3.51. The Labute approximate surface area is 321 Å². The third-order valence-corrected chi connectivity index (χ3v) is 10.3. The summed E-state index contributed by atoms with van der Waals surface area (Å²) in [7, 11) is 0. The average molecular weight is 861 g/mol. The molecule has 1 aliphatic rings. The Balaban J connectivity index is 0.00000420. The summed E-state index contributed by atoms with van der Waals surface area (Å²) in [5.74, 6) is 0.990. The van der Waals surface area contributed by atoms with Crippen molar-refractivity contribution < 1.29 is 26.2 Å². The molecule has 0 amide bonds. The number of phenolic OH excluding ortho intramolecular Hbond substituents is 1. The summed E-state index contributed by atoms with van der Waals surface area (Å²) in [6.45, 7) is 15.4. The Hall–Kier alpha value is -4.93. The van der Waals surface area contributed by atoms with Crippen LogP contribution in [0.2, 0.25) is 0 Å². The number of benzene rings is 5. The van der Waals surface area contributed by atoms with E-state index in [1.54, 1.807) is 6.07 Å². The third-order valence-electron chi connectivity index (χ3n) is 10.3. The van der Waals surface area contributed by atoms with E-state index in [1.807, 2.05) is 18.3 Å². The monoisotopic (exact) mass is 860 g/mol. The molecule has 0 spiro atoms. The van der Waals surface area contributed by atoms with Gasteiger partial charge in [-0.1, -0.05) is 116 Å². The molecule has 262 valence electrons. The number of nitrogens with zero attached hydrogens (tertiary/aromatic N) is 4. The molecule has 0 aliphatic carbocycles. The molecule has 0 unspecified atom stereocenters. The van der Waals surface area contributed by atoms with Gasteiger partial charge in [-0.05, 0) is 74.0 Å². The molecule has 5 nitrogen and oxygen atoms in total. The quantitative estimate of drug-likeness (QED) is 0.138. The van der Waals surface area contributed by atoms with Crippen molar-refractivity contribution in [2.45, 2.75) is 59.9 Å². The van der Waals surface area contributed by atoms with Gasteiger partial charge in [-0.2, -0.15) is 0 Å². The SMILES string of the molecule is Cc1cccc(C)c1B1N(C(C)C)c2cccc(O)c2-c2nc3c(-c4[c-]c(-c5cc(-c6ccccc6)ccn5)cc(C(C)(C)C)c4)cccc3n21.[Pt]. The molecule has 1 aliphatic heterocycles. The summed E-state index contributed by atoms with van der Waals surface area (Å²) in [6, 6.07) is 41.8. The molecule has 1 N–H and O–H groups in total. The molecule has 7 aromatic rings. The van der Waals surface area contributed by atoms with E-state index < -0.39 is 0 Å². The smallest absolute Gasteiger partial charge is 0.418 e. The largest absolute Gasteiger partial charge is 0.507 e. The standard InChI is InChI=1S/C45H42BN4O.Pt/c1-28(2)49-38-19-13-21-40(51)41(38)44-48-43-36(18-12-20-39(43)50(44)46(49)42-29(3)14-11-15-30(42)4)33-24-34(26-35(25-33)45(5,6)7)37-27-32(22-23-47-37)31-16-9-8-10-17-31;/h8-23,25-28,51H,1-7H3;/q-1;. The number of pyridine rings is 1. The van der Waals surface area contributed by atoms with Crippen LogP contribution in [0.15, 0.2) is 115 Å². The van der Waals surface area contributed by atoms with E-state index in [9.17, 15) is 5.11 Å². The number of phenols is 1. The number of hydrogen-bond donors (Lipinski definition) is 1. The van der Waals surface area contributed by atoms with Gasteiger partial charge in [0.1, 0.15) is 11.6 Å². The minimum absolute atomic E-state index is 0. The van der Waals surface area contributed by atoms with Crippen molar-refractivity contribution in [3.63, 3.8) is 0 Å². The Kier molecular flexibility index (Phi) is 9.25. The molecule has 0 radical (unpaired) electrons. The number of fused-ring (bicyclic) bond motifs is 5. The molecule has 0 saturated heterocycles. The van der Waals surface area contributed by atoms with Crippen LogP contribution in [-0.4, -0.2) is 32.6 Å². The van der Waals surface area contributed by atoms with Crippen LogP contribution in [0.5, 0.6) is 5.75 Å². The van der Waals surface area contributed by atoms with Crippen LogP contribution in [0.1, 0.15) is 51.3 Å². The molecule has 0 fully saturated rings. The van der Waals surface area contributed by atoms with Gasteiger partial charge in [-0.3, -0.25) is 4.98 Å². The van der Waals surface area contributed by atoms with Crippen LogP contribution >= 0.6 is 0 Å². The second-order valence-corrected chi connectivity index (χ2v) is 15.1. The number of imidazole rings is 1. The summed E-state index contributed by atoms with van der Waals surface area (Å²) in [5.41, 5.74) is 14.4. The van der Waals surface area contributed by atoms with Crippen molar-refractivity contribution in [1.82, 2.24) is 14.4 Å². The van der Waals surface area contributed by atoms with E-state index in [-0.39, 0.29) is 45.3 Å². The van der Waals surface area contributed by atoms with Gasteiger partial charge >= 0.3 is 6.98 Å². The first-order chi connectivity index (χ1) is 24.5. The molecule has 0 atom stereocenters. The summed E-state index contributed by atoms with van der Waals surface area (Å²) in [6.07, 6.45) is 1.89. The maximum Gasteiger partial charge on any atom is 0.418 e. The maximum absolute atomic E-state index is 11.5. The van der Waals surface area contributed by atoms with E-state index >= 15 is 0 Å². The number of aromatic hydroxyl groups is 1. The van der Waals surface area contributed by atoms with Gasteiger partial charge in [0, 0.05) is 44.7 Å². The van der Waals surface area contributed by atoms with Crippen LogP contribution in [0.25, 0.3) is 55.9 Å². The Morgan fingerprint density at radius 1 is 0.769 bits per heavy atom. The fourth-order valence-corrected chi connectivity index (χ4v) is 7.72. The zero-order valence-electron chi connectivity index (χ0n) is 30.7. The summed E-state index contributed by atoms with van der Waals surface area (Å²) in [5, 5.41) is 11.5. The maximum atomic E-state index is 11.5. The van der Waals surface area contributed by atoms with Gasteiger partial charge in [0.2, 0.25) is 0 Å². The second-order valence-electron chi connectivity index (χ2n) is 15.1. The van der Waals surface area contributed by atoms with Gasteiger partial charge in [0.25, 0.3) is 0 Å². The topological polar surface area (TPSA) is 54.2 Å². The molecule has 0 saturated carbocycles. The molecule has 52 heavy (non-hydrogen) atoms. The molecule has 5 aromatic carbocycles. The fourth-order valence-electron chi connectivity index (χ4n) is 7.72. The first kappa shape index (κ1) is 35.5.